The minimum atomic E-state index is -0.727. The van der Waals surface area contributed by atoms with Gasteiger partial charge in [-0.3, -0.25) is 14.9 Å². The third kappa shape index (κ3) is 4.78. The lowest BCUT2D eigenvalue weighted by Crippen LogP contribution is -2.54. The molecule has 0 aromatic heterocycles. The Morgan fingerprint density at radius 3 is 2.50 bits per heavy atom. The number of fused-ring (bicyclic) bond motifs is 1. The molecule has 8 heteroatoms. The Kier molecular flexibility index (Phi) is 6.63. The van der Waals surface area contributed by atoms with Crippen LogP contribution in [0.5, 0.6) is 5.75 Å². The lowest BCUT2D eigenvalue weighted by Gasteiger charge is -2.29. The average Bonchev–Trinajstić information content (AvgIpc) is 2.87. The van der Waals surface area contributed by atoms with Gasteiger partial charge >= 0.3 is 0 Å². The van der Waals surface area contributed by atoms with Crippen molar-refractivity contribution >= 4 is 67.6 Å². The first-order valence-electron chi connectivity index (χ1n) is 11.0. The van der Waals surface area contributed by atoms with Crippen molar-refractivity contribution in [2.45, 2.75) is 6.61 Å². The van der Waals surface area contributed by atoms with Crippen molar-refractivity contribution in [2.24, 2.45) is 0 Å². The predicted octanol–water partition coefficient (Wildman–Crippen LogP) is 6.15. The SMILES string of the molecule is O=C1NC(=S)N(c2ccccc2F)C(=O)/C1=C/c1cc(Br)ccc1OCc1ccc2ccccc2c1. The molecule has 0 saturated carbocycles. The third-order valence-corrected chi connectivity index (χ3v) is 6.45. The highest BCUT2D eigenvalue weighted by atomic mass is 79.9. The molecule has 4 aromatic rings. The lowest BCUT2D eigenvalue weighted by molar-refractivity contribution is -0.122. The number of carbonyl (C=O) groups excluding carboxylic acids is 2. The molecule has 1 aliphatic rings. The number of benzene rings is 4. The molecule has 5 rings (SSSR count). The van der Waals surface area contributed by atoms with Crippen LogP contribution in [0.25, 0.3) is 16.8 Å². The first-order valence-corrected chi connectivity index (χ1v) is 12.2. The minimum absolute atomic E-state index is 0.0413. The summed E-state index contributed by atoms with van der Waals surface area (Å²) in [5.74, 6) is -1.55. The number of para-hydroxylation sites is 1. The fraction of sp³-hybridized carbons (Fsp3) is 0.0357. The minimum Gasteiger partial charge on any atom is -0.488 e. The standard InChI is InChI=1S/C28H18BrFN2O3S/c29-21-11-12-25(35-16-17-9-10-18-5-1-2-6-19(18)13-17)20(14-21)15-22-26(33)31-28(36)32(27(22)34)24-8-4-3-7-23(24)30/h1-15H,16H2,(H,31,33,36)/b22-15+. The number of rotatable bonds is 5. The smallest absolute Gasteiger partial charge is 0.270 e. The molecule has 178 valence electrons. The molecule has 1 heterocycles. The fourth-order valence-corrected chi connectivity index (χ4v) is 4.57. The quantitative estimate of drug-likeness (QED) is 0.180. The summed E-state index contributed by atoms with van der Waals surface area (Å²) < 4.78 is 21.3. The highest BCUT2D eigenvalue weighted by molar-refractivity contribution is 9.10. The summed E-state index contributed by atoms with van der Waals surface area (Å²) in [7, 11) is 0. The number of thiocarbonyl (C=S) groups is 1. The lowest BCUT2D eigenvalue weighted by atomic mass is 10.1. The summed E-state index contributed by atoms with van der Waals surface area (Å²) in [5.41, 5.74) is 1.24. The van der Waals surface area contributed by atoms with Gasteiger partial charge in [0, 0.05) is 10.0 Å². The van der Waals surface area contributed by atoms with Crippen molar-refractivity contribution < 1.29 is 18.7 Å². The largest absolute Gasteiger partial charge is 0.488 e. The Labute approximate surface area is 220 Å². The van der Waals surface area contributed by atoms with Crippen molar-refractivity contribution in [1.82, 2.24) is 5.32 Å². The van der Waals surface area contributed by atoms with Gasteiger partial charge in [-0.05, 0) is 71.0 Å². The Balaban J connectivity index is 1.46. The van der Waals surface area contributed by atoms with Crippen LogP contribution in [0.15, 0.2) is 95.0 Å². The van der Waals surface area contributed by atoms with E-state index in [0.29, 0.717) is 11.3 Å². The zero-order valence-electron chi connectivity index (χ0n) is 18.7. The summed E-state index contributed by atoms with van der Waals surface area (Å²) in [4.78, 5) is 27.0. The number of amides is 2. The number of hydrogen-bond donors (Lipinski definition) is 1. The van der Waals surface area contributed by atoms with Gasteiger partial charge in [-0.25, -0.2) is 9.29 Å². The second-order valence-electron chi connectivity index (χ2n) is 8.06. The zero-order chi connectivity index (χ0) is 25.2. The van der Waals surface area contributed by atoms with Crippen LogP contribution in [0.2, 0.25) is 0 Å². The second kappa shape index (κ2) is 10.0. The highest BCUT2D eigenvalue weighted by Crippen LogP contribution is 2.29. The molecule has 1 N–H and O–H groups in total. The first-order chi connectivity index (χ1) is 17.4. The van der Waals surface area contributed by atoms with Crippen molar-refractivity contribution in [1.29, 1.82) is 0 Å². The van der Waals surface area contributed by atoms with E-state index in [4.69, 9.17) is 17.0 Å². The maximum Gasteiger partial charge on any atom is 0.270 e. The van der Waals surface area contributed by atoms with Gasteiger partial charge in [0.1, 0.15) is 23.7 Å². The number of anilines is 1. The summed E-state index contributed by atoms with van der Waals surface area (Å²) in [6.07, 6.45) is 1.42. The topological polar surface area (TPSA) is 58.6 Å². The van der Waals surface area contributed by atoms with Gasteiger partial charge in [-0.2, -0.15) is 0 Å². The number of carbonyl (C=O) groups is 2. The van der Waals surface area contributed by atoms with E-state index in [1.54, 1.807) is 24.3 Å². The molecule has 1 aliphatic heterocycles. The van der Waals surface area contributed by atoms with E-state index in [0.717, 1.165) is 25.7 Å². The third-order valence-electron chi connectivity index (χ3n) is 5.67. The molecule has 0 unspecified atom stereocenters. The molecule has 0 aliphatic carbocycles. The van der Waals surface area contributed by atoms with Crippen LogP contribution in [0, 0.1) is 5.82 Å². The number of halogens is 2. The predicted molar refractivity (Wildman–Crippen MR) is 145 cm³/mol. The molecule has 1 saturated heterocycles. The van der Waals surface area contributed by atoms with Gasteiger partial charge in [0.2, 0.25) is 0 Å². The Morgan fingerprint density at radius 1 is 0.944 bits per heavy atom. The van der Waals surface area contributed by atoms with Gasteiger partial charge in [-0.15, -0.1) is 0 Å². The number of nitrogens with zero attached hydrogens (tertiary/aromatic N) is 1. The maximum atomic E-state index is 14.4. The Hall–Kier alpha value is -3.88. The molecule has 36 heavy (non-hydrogen) atoms. The van der Waals surface area contributed by atoms with Gasteiger partial charge in [-0.1, -0.05) is 64.5 Å². The molecule has 4 aromatic carbocycles. The van der Waals surface area contributed by atoms with Crippen LogP contribution < -0.4 is 15.0 Å². The van der Waals surface area contributed by atoms with Gasteiger partial charge in [0.05, 0.1) is 5.69 Å². The Morgan fingerprint density at radius 2 is 1.69 bits per heavy atom. The molecule has 1 fully saturated rings. The van der Waals surface area contributed by atoms with Crippen LogP contribution in [0.1, 0.15) is 11.1 Å². The monoisotopic (exact) mass is 560 g/mol. The molecule has 2 amide bonds. The molecule has 0 radical (unpaired) electrons. The van der Waals surface area contributed by atoms with Crippen LogP contribution in [0.4, 0.5) is 10.1 Å². The normalized spacial score (nSPS) is 14.9. The van der Waals surface area contributed by atoms with E-state index >= 15 is 0 Å². The van der Waals surface area contributed by atoms with Gasteiger partial charge in [0.15, 0.2) is 5.11 Å². The average molecular weight is 561 g/mol. The Bertz CT molecular complexity index is 1570. The van der Waals surface area contributed by atoms with Gasteiger partial charge in [0.25, 0.3) is 11.8 Å². The molecule has 0 spiro atoms. The van der Waals surface area contributed by atoms with E-state index < -0.39 is 17.6 Å². The molecular formula is C28H18BrFN2O3S. The summed E-state index contributed by atoms with van der Waals surface area (Å²) >= 11 is 8.59. The van der Waals surface area contributed by atoms with E-state index in [1.807, 2.05) is 36.4 Å². The van der Waals surface area contributed by atoms with Crippen molar-refractivity contribution in [3.8, 4) is 5.75 Å². The molecule has 0 atom stereocenters. The van der Waals surface area contributed by atoms with Crippen LogP contribution in [0.3, 0.4) is 0 Å². The number of hydrogen-bond acceptors (Lipinski definition) is 4. The fourth-order valence-electron chi connectivity index (χ4n) is 3.92. The number of nitrogens with one attached hydrogen (secondary N) is 1. The van der Waals surface area contributed by atoms with Crippen molar-refractivity contribution in [3.63, 3.8) is 0 Å². The van der Waals surface area contributed by atoms with Crippen molar-refractivity contribution in [3.05, 3.63) is 112 Å². The van der Waals surface area contributed by atoms with Crippen molar-refractivity contribution in [2.75, 3.05) is 4.90 Å². The molecular weight excluding hydrogens is 543 g/mol. The zero-order valence-corrected chi connectivity index (χ0v) is 21.1. The van der Waals surface area contributed by atoms with E-state index in [1.165, 1.54) is 24.3 Å². The summed E-state index contributed by atoms with van der Waals surface area (Å²) in [6, 6.07) is 25.2. The van der Waals surface area contributed by atoms with Crippen LogP contribution >= 0.6 is 28.1 Å². The van der Waals surface area contributed by atoms with E-state index in [-0.39, 0.29) is 23.0 Å². The molecule has 0 bridgehead atoms. The van der Waals surface area contributed by atoms with Crippen LogP contribution in [-0.2, 0) is 16.2 Å². The van der Waals surface area contributed by atoms with E-state index in [9.17, 15) is 14.0 Å². The van der Waals surface area contributed by atoms with Gasteiger partial charge < -0.3 is 4.74 Å². The molecule has 5 nitrogen and oxygen atoms in total. The summed E-state index contributed by atoms with van der Waals surface area (Å²) in [6.45, 7) is 0.286. The first kappa shape index (κ1) is 23.8. The van der Waals surface area contributed by atoms with E-state index in [2.05, 4.69) is 27.3 Å². The maximum absolute atomic E-state index is 14.4. The highest BCUT2D eigenvalue weighted by Gasteiger charge is 2.35. The van der Waals surface area contributed by atoms with Crippen LogP contribution in [-0.4, -0.2) is 16.9 Å². The summed E-state index contributed by atoms with van der Waals surface area (Å²) in [5, 5.41) is 4.53. The second-order valence-corrected chi connectivity index (χ2v) is 9.36. The number of ether oxygens (including phenoxy) is 1.